The number of rotatable bonds is 85. The van der Waals surface area contributed by atoms with Gasteiger partial charge in [-0.3, -0.25) is 42.9 Å². The van der Waals surface area contributed by atoms with E-state index in [2.05, 4.69) is 62.8 Å². The minimum atomic E-state index is -5.71. The van der Waals surface area contributed by atoms with E-state index < -0.39 is 149 Å². The maximum Gasteiger partial charge on any atom is 0.470 e. The van der Waals surface area contributed by atoms with E-state index >= 15 is 9.59 Å². The van der Waals surface area contributed by atoms with Crippen molar-refractivity contribution in [2.75, 3.05) is 59.3 Å². The second-order valence-electron chi connectivity index (χ2n) is 32.9. The Morgan fingerprint density at radius 3 is 1.11 bits per heavy atom. The Hall–Kier alpha value is -4.86. The molecule has 1 aliphatic rings. The summed E-state index contributed by atoms with van der Waals surface area (Å²) < 4.78 is 73.2. The minimum Gasteiger partial charge on any atom is -0.480 e. The number of hydrogen-bond donors (Lipinski definition) is 7. The van der Waals surface area contributed by atoms with Crippen LogP contribution in [-0.2, 0) is 94.9 Å². The lowest BCUT2D eigenvalue weighted by atomic mass is 9.95. The van der Waals surface area contributed by atoms with E-state index in [9.17, 15) is 53.0 Å². The van der Waals surface area contributed by atoms with Crippen LogP contribution in [0.2, 0.25) is 0 Å². The molecule has 1 heterocycles. The Kier molecular flexibility index (Phi) is 73.4. The van der Waals surface area contributed by atoms with E-state index in [1.165, 1.54) is 32.6 Å². The number of aliphatic carboxylic acids is 1. The topological polar surface area (TPSA) is 372 Å². The number of unbranched alkanes of at least 4 members (excludes halogenated alkanes) is 42. The summed E-state index contributed by atoms with van der Waals surface area (Å²) in [5, 5.41) is 21.6. The van der Waals surface area contributed by atoms with Crippen molar-refractivity contribution in [3.8, 4) is 0 Å². The monoisotopic (exact) mass is 1720 g/mol. The van der Waals surface area contributed by atoms with E-state index in [1.54, 1.807) is 0 Å². The highest BCUT2D eigenvalue weighted by Crippen LogP contribution is 2.43. The molecule has 0 aromatic heterocycles. The van der Waals surface area contributed by atoms with Gasteiger partial charge in [-0.1, -0.05) is 311 Å². The zero-order chi connectivity index (χ0) is 87.5. The second-order valence-corrected chi connectivity index (χ2v) is 34.1. The van der Waals surface area contributed by atoms with Gasteiger partial charge in [0.15, 0.2) is 18.4 Å². The molecular weight excluding hydrogens is 1550 g/mol. The highest BCUT2D eigenvalue weighted by atomic mass is 31.2. The van der Waals surface area contributed by atoms with Crippen molar-refractivity contribution in [1.82, 2.24) is 21.3 Å². The van der Waals surface area contributed by atoms with Crippen molar-refractivity contribution in [2.45, 2.75) is 469 Å². The van der Waals surface area contributed by atoms with Crippen LogP contribution in [0.25, 0.3) is 0 Å². The van der Waals surface area contributed by atoms with Gasteiger partial charge in [0.2, 0.25) is 23.6 Å². The highest BCUT2D eigenvalue weighted by Gasteiger charge is 2.53. The standard InChI is InChI=1S/C91H169N4O23P/c1-8-14-20-26-32-35-41-44-50-56-75(113-83(100)59-53-47-38-29-23-17-11-4)68-80(97)94-78(90(104)105)72-112-91-87(95-81(98)69-76(57-51-45-42-36-33-27-21-15-9-2)114-84(101)60-54-48-39-30-24-18-12-5)89(88(118-119(106,107)108)79(116-91)71-93-82(99)73-111-67-66-110-65-64-109-63-62-92-74(7)96)117-86(103)70-77(58-52-46-43-37-34-28-22-16-10-3)115-85(102)61-55-49-40-31-25-19-13-6/h75-79,87-89,91H,8-73H2,1-7H3,(H,92,96)(H,93,99)(H,94,97)(H,95,98)(H,104,105)(H2,106,107,108)/t75-,76-,77-,78+,79-,87-,88-,89-,91-/m1/s1. The molecule has 27 nitrogen and oxygen atoms in total. The molecule has 0 spiro atoms. The summed E-state index contributed by atoms with van der Waals surface area (Å²) in [6.45, 7) is 13.2. The van der Waals surface area contributed by atoms with Crippen LogP contribution in [-0.4, -0.2) is 183 Å². The number of amides is 4. The number of hydrogen-bond acceptors (Lipinski definition) is 20. The van der Waals surface area contributed by atoms with E-state index in [1.807, 2.05) is 0 Å². The number of esters is 4. The molecular formula is C91H169N4O23P. The first-order chi connectivity index (χ1) is 57.6. The first-order valence-electron chi connectivity index (χ1n) is 47.4. The summed E-state index contributed by atoms with van der Waals surface area (Å²) in [6.07, 6.45) is 36.2. The van der Waals surface area contributed by atoms with Gasteiger partial charge >= 0.3 is 37.7 Å². The van der Waals surface area contributed by atoms with Crippen LogP contribution < -0.4 is 21.3 Å². The maximum absolute atomic E-state index is 15.2. The van der Waals surface area contributed by atoms with Crippen molar-refractivity contribution >= 4 is 61.3 Å². The average Bonchev–Trinajstić information content (AvgIpc) is 0.777. The quantitative estimate of drug-likeness (QED) is 0.0129. The molecule has 0 aromatic rings. The second kappa shape index (κ2) is 77.9. The van der Waals surface area contributed by atoms with Crippen LogP contribution >= 0.6 is 7.82 Å². The summed E-state index contributed by atoms with van der Waals surface area (Å²) in [7, 11) is -5.71. The molecule has 7 N–H and O–H groups in total. The number of carboxylic acids is 1. The summed E-state index contributed by atoms with van der Waals surface area (Å²) >= 11 is 0. The minimum absolute atomic E-state index is 0.0517. The molecule has 0 radical (unpaired) electrons. The normalized spacial score (nSPS) is 16.4. The number of carboxylic acid groups (broad SMARTS) is 1. The van der Waals surface area contributed by atoms with Crippen molar-refractivity contribution in [1.29, 1.82) is 0 Å². The molecule has 4 amide bonds. The van der Waals surface area contributed by atoms with Crippen molar-refractivity contribution in [3.63, 3.8) is 0 Å². The fourth-order valence-corrected chi connectivity index (χ4v) is 15.3. The summed E-state index contributed by atoms with van der Waals surface area (Å²) in [6, 6.07) is -3.74. The predicted octanol–water partition coefficient (Wildman–Crippen LogP) is 18.6. The van der Waals surface area contributed by atoms with Crippen molar-refractivity contribution in [3.05, 3.63) is 0 Å². The third kappa shape index (κ3) is 67.3. The lowest BCUT2D eigenvalue weighted by molar-refractivity contribution is -0.265. The summed E-state index contributed by atoms with van der Waals surface area (Å²) in [5.41, 5.74) is 0. The number of ether oxygens (including phenoxy) is 9. The first kappa shape index (κ1) is 112. The van der Waals surface area contributed by atoms with Crippen LogP contribution in [0.3, 0.4) is 0 Å². The molecule has 1 aliphatic heterocycles. The molecule has 1 rings (SSSR count). The van der Waals surface area contributed by atoms with Gasteiger partial charge in [0.1, 0.15) is 43.2 Å². The number of nitrogens with one attached hydrogen (secondary N) is 4. The fraction of sp³-hybridized carbons (Fsp3) is 0.901. The van der Waals surface area contributed by atoms with Gasteiger partial charge in [0.05, 0.1) is 58.9 Å². The van der Waals surface area contributed by atoms with Crippen LogP contribution in [0, 0.1) is 0 Å². The Morgan fingerprint density at radius 2 is 0.739 bits per heavy atom. The van der Waals surface area contributed by atoms with Gasteiger partial charge in [-0.2, -0.15) is 0 Å². The molecule has 0 bridgehead atoms. The van der Waals surface area contributed by atoms with Crippen molar-refractivity contribution in [2.24, 2.45) is 0 Å². The molecule has 28 heteroatoms. The van der Waals surface area contributed by atoms with E-state index in [0.29, 0.717) is 51.5 Å². The third-order valence-corrected chi connectivity index (χ3v) is 22.1. The highest BCUT2D eigenvalue weighted by molar-refractivity contribution is 7.46. The predicted molar refractivity (Wildman–Crippen MR) is 464 cm³/mol. The molecule has 0 aliphatic carbocycles. The van der Waals surface area contributed by atoms with Crippen LogP contribution in [0.15, 0.2) is 0 Å². The molecule has 0 unspecified atom stereocenters. The number of carbonyl (C=O) groups excluding carboxylic acids is 8. The number of carbonyl (C=O) groups is 9. The third-order valence-electron chi connectivity index (χ3n) is 21.6. The Morgan fingerprint density at radius 1 is 0.395 bits per heavy atom. The van der Waals surface area contributed by atoms with Gasteiger partial charge in [-0.05, 0) is 57.8 Å². The van der Waals surface area contributed by atoms with Crippen molar-refractivity contribution < 1.29 is 110 Å². The van der Waals surface area contributed by atoms with Crippen LogP contribution in [0.4, 0.5) is 0 Å². The van der Waals surface area contributed by atoms with Gasteiger partial charge < -0.3 is 78.8 Å². The molecule has 1 saturated heterocycles. The van der Waals surface area contributed by atoms with Gasteiger partial charge in [-0.15, -0.1) is 0 Å². The zero-order valence-electron chi connectivity index (χ0n) is 75.3. The smallest absolute Gasteiger partial charge is 0.470 e. The maximum atomic E-state index is 15.2. The van der Waals surface area contributed by atoms with Crippen LogP contribution in [0.1, 0.15) is 414 Å². The molecule has 696 valence electrons. The Balaban J connectivity index is 4.17. The fourth-order valence-electron chi connectivity index (χ4n) is 14.7. The molecule has 0 aromatic carbocycles. The van der Waals surface area contributed by atoms with Gasteiger partial charge in [0.25, 0.3) is 0 Å². The number of phosphoric ester groups is 1. The Bertz CT molecular complexity index is 2610. The van der Waals surface area contributed by atoms with E-state index in [4.69, 9.17) is 47.2 Å². The van der Waals surface area contributed by atoms with E-state index in [-0.39, 0.29) is 71.0 Å². The summed E-state index contributed by atoms with van der Waals surface area (Å²) in [4.78, 5) is 146. The van der Waals surface area contributed by atoms with Crippen LogP contribution in [0.5, 0.6) is 0 Å². The molecule has 9 atom stereocenters. The lowest BCUT2D eigenvalue weighted by Gasteiger charge is -2.46. The average molecular weight is 1720 g/mol. The molecule has 0 saturated carbocycles. The Labute approximate surface area is 717 Å². The van der Waals surface area contributed by atoms with Gasteiger partial charge in [0, 0.05) is 39.3 Å². The first-order valence-corrected chi connectivity index (χ1v) is 49.0. The number of phosphoric acid groups is 1. The summed E-state index contributed by atoms with van der Waals surface area (Å²) in [5.74, 6) is -6.71. The zero-order valence-corrected chi connectivity index (χ0v) is 76.2. The molecule has 1 fully saturated rings. The van der Waals surface area contributed by atoms with E-state index in [0.717, 1.165) is 244 Å². The SMILES string of the molecule is CCCCCCCCCCC[C@H](CC(=O)N[C@H]1[C@H](OC[C@H](NC(=O)C[C@@H](CCCCCCCCCCC)OC(=O)CCCCCCCCC)C(=O)O)O[C@H](CNC(=O)COCCOCCOCCNC(C)=O)[C@@H](OP(=O)(O)O)[C@@H]1OC(=O)C[C@@H](CCCCCCCCCCC)OC(=O)CCCCCCCCC)OC(=O)CCCCCCCCC. The largest absolute Gasteiger partial charge is 0.480 e. The van der Waals surface area contributed by atoms with Gasteiger partial charge in [-0.25, -0.2) is 9.36 Å². The lowest BCUT2D eigenvalue weighted by Crippen LogP contribution is -2.67. The molecule has 119 heavy (non-hydrogen) atoms.